The van der Waals surface area contributed by atoms with Gasteiger partial charge >= 0.3 is 6.47 Å². The third kappa shape index (κ3) is 1.42. The third-order valence-electron chi connectivity index (χ3n) is 1.38. The Morgan fingerprint density at radius 3 is 2.78 bits per heavy atom. The lowest BCUT2D eigenvalue weighted by Crippen LogP contribution is -2.43. The van der Waals surface area contributed by atoms with Crippen molar-refractivity contribution in [2.45, 2.75) is 6.92 Å². The topological polar surface area (TPSA) is 35.5 Å². The fourth-order valence-electron chi connectivity index (χ4n) is 0.738. The second-order valence-electron chi connectivity index (χ2n) is 2.68. The van der Waals surface area contributed by atoms with Crippen LogP contribution >= 0.6 is 0 Å². The zero-order chi connectivity index (χ0) is 6.74. The first-order chi connectivity index (χ1) is 4.27. The summed E-state index contributed by atoms with van der Waals surface area (Å²) in [7, 11) is 0. The Morgan fingerprint density at radius 1 is 1.78 bits per heavy atom. The summed E-state index contributed by atoms with van der Waals surface area (Å²) in [5.41, 5.74) is 0.0669. The Labute approximate surface area is 53.9 Å². The van der Waals surface area contributed by atoms with E-state index in [4.69, 9.17) is 4.74 Å². The molecule has 0 atom stereocenters. The minimum absolute atomic E-state index is 0.0669. The molecule has 1 aliphatic heterocycles. The van der Waals surface area contributed by atoms with Crippen LogP contribution in [0.1, 0.15) is 6.92 Å². The van der Waals surface area contributed by atoms with Crippen LogP contribution in [-0.4, -0.2) is 26.3 Å². The van der Waals surface area contributed by atoms with Crippen molar-refractivity contribution in [2.24, 2.45) is 5.41 Å². The summed E-state index contributed by atoms with van der Waals surface area (Å²) in [6, 6.07) is 0. The Hall–Kier alpha value is -0.570. The normalized spacial score (nSPS) is 22.3. The first kappa shape index (κ1) is 6.55. The molecule has 1 radical (unpaired) electrons. The van der Waals surface area contributed by atoms with E-state index in [-0.39, 0.29) is 5.41 Å². The van der Waals surface area contributed by atoms with Crippen molar-refractivity contribution in [1.29, 1.82) is 0 Å². The van der Waals surface area contributed by atoms with Gasteiger partial charge in [-0.3, -0.25) is 0 Å². The molecule has 0 aromatic carbocycles. The molecule has 0 aliphatic carbocycles. The molecular formula is C6H9O3. The quantitative estimate of drug-likeness (QED) is 0.542. The van der Waals surface area contributed by atoms with Gasteiger partial charge in [0.25, 0.3) is 0 Å². The van der Waals surface area contributed by atoms with Crippen LogP contribution in [0.3, 0.4) is 0 Å². The van der Waals surface area contributed by atoms with Crippen molar-refractivity contribution in [1.82, 2.24) is 0 Å². The predicted octanol–water partition coefficient (Wildman–Crippen LogP) is 0.107. The maximum atomic E-state index is 9.60. The SMILES string of the molecule is CC1(CO[C]=O)COC1. The maximum absolute atomic E-state index is 9.60. The number of hydrogen-bond donors (Lipinski definition) is 0. The van der Waals surface area contributed by atoms with E-state index in [1.165, 1.54) is 6.47 Å². The summed E-state index contributed by atoms with van der Waals surface area (Å²) in [4.78, 5) is 9.60. The molecule has 1 saturated heterocycles. The molecule has 0 spiro atoms. The highest BCUT2D eigenvalue weighted by atomic mass is 16.5. The molecule has 0 saturated carbocycles. The van der Waals surface area contributed by atoms with Gasteiger partial charge in [0.05, 0.1) is 13.2 Å². The van der Waals surface area contributed by atoms with Crippen LogP contribution in [0.5, 0.6) is 0 Å². The smallest absolute Gasteiger partial charge is 0.417 e. The van der Waals surface area contributed by atoms with Crippen molar-refractivity contribution in [3.05, 3.63) is 0 Å². The third-order valence-corrected chi connectivity index (χ3v) is 1.38. The molecule has 0 unspecified atom stereocenters. The fourth-order valence-corrected chi connectivity index (χ4v) is 0.738. The minimum atomic E-state index is 0.0669. The monoisotopic (exact) mass is 129 g/mol. The van der Waals surface area contributed by atoms with Gasteiger partial charge in [0.1, 0.15) is 6.61 Å². The molecule has 1 heterocycles. The highest BCUT2D eigenvalue weighted by Crippen LogP contribution is 2.25. The highest BCUT2D eigenvalue weighted by Gasteiger charge is 2.34. The Bertz CT molecular complexity index is 107. The highest BCUT2D eigenvalue weighted by molar-refractivity contribution is 5.38. The van der Waals surface area contributed by atoms with Crippen molar-refractivity contribution in [3.63, 3.8) is 0 Å². The molecule has 51 valence electrons. The zero-order valence-electron chi connectivity index (χ0n) is 5.35. The molecule has 0 bridgehead atoms. The van der Waals surface area contributed by atoms with E-state index in [2.05, 4.69) is 4.74 Å². The molecule has 0 aromatic rings. The predicted molar refractivity (Wildman–Crippen MR) is 30.6 cm³/mol. The van der Waals surface area contributed by atoms with Gasteiger partial charge in [0.2, 0.25) is 0 Å². The van der Waals surface area contributed by atoms with Gasteiger partial charge in [-0.25, -0.2) is 4.79 Å². The van der Waals surface area contributed by atoms with Crippen LogP contribution in [-0.2, 0) is 14.3 Å². The molecular weight excluding hydrogens is 120 g/mol. The summed E-state index contributed by atoms with van der Waals surface area (Å²) >= 11 is 0. The average Bonchev–Trinajstić information content (AvgIpc) is 1.79. The Balaban J connectivity index is 2.16. The first-order valence-corrected chi connectivity index (χ1v) is 2.83. The molecule has 3 nitrogen and oxygen atoms in total. The van der Waals surface area contributed by atoms with Crippen LogP contribution in [0, 0.1) is 5.41 Å². The minimum Gasteiger partial charge on any atom is -0.457 e. The van der Waals surface area contributed by atoms with Crippen molar-refractivity contribution >= 4 is 6.47 Å². The van der Waals surface area contributed by atoms with Crippen molar-refractivity contribution in [2.75, 3.05) is 19.8 Å². The van der Waals surface area contributed by atoms with Gasteiger partial charge in [-0.15, -0.1) is 0 Å². The van der Waals surface area contributed by atoms with Crippen molar-refractivity contribution < 1.29 is 14.3 Å². The van der Waals surface area contributed by atoms with Crippen LogP contribution in [0.2, 0.25) is 0 Å². The van der Waals surface area contributed by atoms with E-state index in [1.807, 2.05) is 6.92 Å². The summed E-state index contributed by atoms with van der Waals surface area (Å²) in [5, 5.41) is 0. The largest absolute Gasteiger partial charge is 0.457 e. The van der Waals surface area contributed by atoms with Crippen LogP contribution in [0.4, 0.5) is 0 Å². The lowest BCUT2D eigenvalue weighted by molar-refractivity contribution is -0.122. The lowest BCUT2D eigenvalue weighted by Gasteiger charge is -2.36. The van der Waals surface area contributed by atoms with Gasteiger partial charge in [-0.2, -0.15) is 0 Å². The molecule has 1 aliphatic rings. The first-order valence-electron chi connectivity index (χ1n) is 2.83. The second kappa shape index (κ2) is 2.35. The van der Waals surface area contributed by atoms with E-state index in [0.717, 1.165) is 0 Å². The van der Waals surface area contributed by atoms with Gasteiger partial charge < -0.3 is 9.47 Å². The molecule has 1 rings (SSSR count). The molecule has 9 heavy (non-hydrogen) atoms. The van der Waals surface area contributed by atoms with Crippen LogP contribution in [0.25, 0.3) is 0 Å². The lowest BCUT2D eigenvalue weighted by atomic mass is 9.90. The summed E-state index contributed by atoms with van der Waals surface area (Å²) in [5.74, 6) is 0. The fraction of sp³-hybridized carbons (Fsp3) is 0.833. The van der Waals surface area contributed by atoms with E-state index in [9.17, 15) is 4.79 Å². The molecule has 1 fully saturated rings. The van der Waals surface area contributed by atoms with Gasteiger partial charge in [0.15, 0.2) is 0 Å². The second-order valence-corrected chi connectivity index (χ2v) is 2.68. The van der Waals surface area contributed by atoms with E-state index < -0.39 is 0 Å². The van der Waals surface area contributed by atoms with Gasteiger partial charge in [-0.1, -0.05) is 6.92 Å². The van der Waals surface area contributed by atoms with E-state index in [1.54, 1.807) is 0 Å². The number of ether oxygens (including phenoxy) is 2. The maximum Gasteiger partial charge on any atom is 0.417 e. The summed E-state index contributed by atoms with van der Waals surface area (Å²) in [6.07, 6.45) is 0. The van der Waals surface area contributed by atoms with Gasteiger partial charge in [-0.05, 0) is 0 Å². The molecule has 0 aromatic heterocycles. The Kier molecular flexibility index (Phi) is 1.71. The van der Waals surface area contributed by atoms with Gasteiger partial charge in [0, 0.05) is 5.41 Å². The molecule has 0 amide bonds. The van der Waals surface area contributed by atoms with E-state index >= 15 is 0 Å². The van der Waals surface area contributed by atoms with E-state index in [0.29, 0.717) is 19.8 Å². The average molecular weight is 129 g/mol. The summed E-state index contributed by atoms with van der Waals surface area (Å²) < 4.78 is 9.38. The van der Waals surface area contributed by atoms with Crippen LogP contribution < -0.4 is 0 Å². The molecule has 0 N–H and O–H groups in total. The number of rotatable bonds is 3. The summed E-state index contributed by atoms with van der Waals surface area (Å²) in [6.45, 7) is 5.20. The zero-order valence-corrected chi connectivity index (χ0v) is 5.35. The Morgan fingerprint density at radius 2 is 2.44 bits per heavy atom. The van der Waals surface area contributed by atoms with Crippen LogP contribution in [0.15, 0.2) is 0 Å². The number of hydrogen-bond acceptors (Lipinski definition) is 3. The van der Waals surface area contributed by atoms with Crippen molar-refractivity contribution in [3.8, 4) is 0 Å². The standard InChI is InChI=1S/C6H9O3/c1-6(2-8-3-6)4-9-5-7/h2-4H2,1H3. The molecule has 3 heteroatoms. The number of carbonyl (C=O) groups excluding carboxylic acids is 1.